The average Bonchev–Trinajstić information content (AvgIpc) is 3.04. The van der Waals surface area contributed by atoms with Gasteiger partial charge in [-0.05, 0) is 30.0 Å². The van der Waals surface area contributed by atoms with Crippen molar-refractivity contribution in [3.05, 3.63) is 76.7 Å². The molecule has 0 aliphatic heterocycles. The van der Waals surface area contributed by atoms with Crippen LogP contribution in [0.3, 0.4) is 0 Å². The maximum atomic E-state index is 12.1. The number of thiazole rings is 1. The molecule has 3 aromatic rings. The first-order valence-corrected chi connectivity index (χ1v) is 8.73. The Morgan fingerprint density at radius 2 is 1.83 bits per heavy atom. The topological polar surface area (TPSA) is 42.0 Å². The maximum absolute atomic E-state index is 12.1. The van der Waals surface area contributed by atoms with Gasteiger partial charge in [0.1, 0.15) is 0 Å². The minimum Gasteiger partial charge on any atom is -0.298 e. The van der Waals surface area contributed by atoms with Gasteiger partial charge in [0.15, 0.2) is 5.13 Å². The molecular formula is C20H16N2OS. The van der Waals surface area contributed by atoms with E-state index in [0.717, 1.165) is 24.1 Å². The van der Waals surface area contributed by atoms with Gasteiger partial charge in [0.25, 0.3) is 0 Å². The number of carbonyl (C=O) groups excluding carboxylic acids is 1. The van der Waals surface area contributed by atoms with Crippen molar-refractivity contribution in [1.82, 2.24) is 4.98 Å². The minimum atomic E-state index is -0.154. The van der Waals surface area contributed by atoms with E-state index in [-0.39, 0.29) is 5.91 Å². The van der Waals surface area contributed by atoms with Crippen LogP contribution in [0.15, 0.2) is 60.7 Å². The smallest absolute Gasteiger partial charge is 0.250 e. The van der Waals surface area contributed by atoms with E-state index in [1.165, 1.54) is 16.0 Å². The molecule has 1 amide bonds. The Bertz CT molecular complexity index is 912. The van der Waals surface area contributed by atoms with Crippen molar-refractivity contribution in [2.45, 2.75) is 12.8 Å². The molecular weight excluding hydrogens is 316 g/mol. The van der Waals surface area contributed by atoms with Crippen LogP contribution in [0.25, 0.3) is 17.3 Å². The Kier molecular flexibility index (Phi) is 3.97. The monoisotopic (exact) mass is 332 g/mol. The lowest BCUT2D eigenvalue weighted by atomic mass is 9.94. The zero-order valence-corrected chi connectivity index (χ0v) is 13.8. The van der Waals surface area contributed by atoms with Crippen LogP contribution < -0.4 is 5.32 Å². The highest BCUT2D eigenvalue weighted by molar-refractivity contribution is 7.16. The number of hydrogen-bond donors (Lipinski definition) is 1. The first-order chi connectivity index (χ1) is 11.8. The molecule has 0 saturated carbocycles. The summed E-state index contributed by atoms with van der Waals surface area (Å²) in [7, 11) is 0. The first kappa shape index (κ1) is 14.8. The molecule has 0 radical (unpaired) electrons. The van der Waals surface area contributed by atoms with Crippen LogP contribution in [0.5, 0.6) is 0 Å². The third-order valence-corrected chi connectivity index (χ3v) is 5.08. The van der Waals surface area contributed by atoms with E-state index < -0.39 is 0 Å². The Morgan fingerprint density at radius 3 is 2.71 bits per heavy atom. The van der Waals surface area contributed by atoms with E-state index in [9.17, 15) is 4.79 Å². The van der Waals surface area contributed by atoms with Crippen molar-refractivity contribution in [3.8, 4) is 11.3 Å². The zero-order valence-electron chi connectivity index (χ0n) is 13.0. The molecule has 4 rings (SSSR count). The van der Waals surface area contributed by atoms with Crippen molar-refractivity contribution in [1.29, 1.82) is 0 Å². The standard InChI is InChI=1S/C20H16N2OS/c23-18(13-10-14-6-2-1-3-7-14)21-20-22-19-16-9-5-4-8-15(16)11-12-17(19)24-20/h1-10,13H,11-12H2,(H,21,22,23). The van der Waals surface area contributed by atoms with Crippen molar-refractivity contribution in [2.24, 2.45) is 0 Å². The van der Waals surface area contributed by atoms with E-state index in [1.54, 1.807) is 23.5 Å². The Morgan fingerprint density at radius 1 is 1.04 bits per heavy atom. The largest absolute Gasteiger partial charge is 0.298 e. The van der Waals surface area contributed by atoms with E-state index in [4.69, 9.17) is 0 Å². The summed E-state index contributed by atoms with van der Waals surface area (Å²) >= 11 is 1.57. The van der Waals surface area contributed by atoms with Gasteiger partial charge in [0.05, 0.1) is 5.69 Å². The molecule has 1 aliphatic rings. The predicted octanol–water partition coefficient (Wildman–Crippen LogP) is 4.56. The number of nitrogens with zero attached hydrogens (tertiary/aromatic N) is 1. The highest BCUT2D eigenvalue weighted by Gasteiger charge is 2.20. The second-order valence-corrected chi connectivity index (χ2v) is 6.76. The van der Waals surface area contributed by atoms with Crippen molar-refractivity contribution in [2.75, 3.05) is 5.32 Å². The molecule has 1 aliphatic carbocycles. The average molecular weight is 332 g/mol. The number of hydrogen-bond acceptors (Lipinski definition) is 3. The number of rotatable bonds is 3. The lowest BCUT2D eigenvalue weighted by Gasteiger charge is -2.13. The number of aryl methyl sites for hydroxylation is 2. The summed E-state index contributed by atoms with van der Waals surface area (Å²) in [5.74, 6) is -0.154. The van der Waals surface area contributed by atoms with Crippen LogP contribution in [-0.4, -0.2) is 10.9 Å². The van der Waals surface area contributed by atoms with Crippen molar-refractivity contribution >= 4 is 28.5 Å². The number of benzene rings is 2. The van der Waals surface area contributed by atoms with E-state index in [1.807, 2.05) is 36.4 Å². The second kappa shape index (κ2) is 6.42. The van der Waals surface area contributed by atoms with Gasteiger partial charge in [-0.2, -0.15) is 0 Å². The highest BCUT2D eigenvalue weighted by atomic mass is 32.1. The van der Waals surface area contributed by atoms with Crippen LogP contribution in [-0.2, 0) is 17.6 Å². The summed E-state index contributed by atoms with van der Waals surface area (Å²) < 4.78 is 0. The third kappa shape index (κ3) is 3.01. The number of fused-ring (bicyclic) bond motifs is 3. The Balaban J connectivity index is 1.52. The fourth-order valence-corrected chi connectivity index (χ4v) is 3.86. The van der Waals surface area contributed by atoms with E-state index in [2.05, 4.69) is 28.5 Å². The van der Waals surface area contributed by atoms with Gasteiger partial charge in [-0.1, -0.05) is 54.6 Å². The molecule has 1 aromatic heterocycles. The van der Waals surface area contributed by atoms with Crippen LogP contribution in [0.2, 0.25) is 0 Å². The summed E-state index contributed by atoms with van der Waals surface area (Å²) in [4.78, 5) is 18.0. The third-order valence-electron chi connectivity index (χ3n) is 4.05. The van der Waals surface area contributed by atoms with Gasteiger partial charge in [-0.25, -0.2) is 4.98 Å². The minimum absolute atomic E-state index is 0.154. The molecule has 4 heteroatoms. The van der Waals surface area contributed by atoms with Gasteiger partial charge >= 0.3 is 0 Å². The normalized spacial score (nSPS) is 12.7. The summed E-state index contributed by atoms with van der Waals surface area (Å²) in [6.07, 6.45) is 5.37. The maximum Gasteiger partial charge on any atom is 0.250 e. The lowest BCUT2D eigenvalue weighted by Crippen LogP contribution is -2.07. The molecule has 0 fully saturated rings. The number of carbonyl (C=O) groups is 1. The summed E-state index contributed by atoms with van der Waals surface area (Å²) in [5.41, 5.74) is 4.54. The Labute approximate surface area is 144 Å². The summed E-state index contributed by atoms with van der Waals surface area (Å²) in [5, 5.41) is 3.55. The quantitative estimate of drug-likeness (QED) is 0.714. The molecule has 0 atom stereocenters. The fourth-order valence-electron chi connectivity index (χ4n) is 2.89. The van der Waals surface area contributed by atoms with Crippen LogP contribution in [0, 0.1) is 0 Å². The molecule has 2 aromatic carbocycles. The van der Waals surface area contributed by atoms with Gasteiger partial charge in [0.2, 0.25) is 5.91 Å². The molecule has 1 N–H and O–H groups in total. The van der Waals surface area contributed by atoms with E-state index >= 15 is 0 Å². The second-order valence-electron chi connectivity index (χ2n) is 5.68. The van der Waals surface area contributed by atoms with Crippen molar-refractivity contribution < 1.29 is 4.79 Å². The van der Waals surface area contributed by atoms with Gasteiger partial charge in [-0.3, -0.25) is 10.1 Å². The van der Waals surface area contributed by atoms with E-state index in [0.29, 0.717) is 5.13 Å². The molecule has 3 nitrogen and oxygen atoms in total. The number of anilines is 1. The number of aromatic nitrogens is 1. The van der Waals surface area contributed by atoms with Crippen molar-refractivity contribution in [3.63, 3.8) is 0 Å². The van der Waals surface area contributed by atoms with Gasteiger partial charge in [0, 0.05) is 16.5 Å². The predicted molar refractivity (Wildman–Crippen MR) is 99.1 cm³/mol. The fraction of sp³-hybridized carbons (Fsp3) is 0.100. The summed E-state index contributed by atoms with van der Waals surface area (Å²) in [6.45, 7) is 0. The van der Waals surface area contributed by atoms with Gasteiger partial charge < -0.3 is 0 Å². The molecule has 0 saturated heterocycles. The Hall–Kier alpha value is -2.72. The van der Waals surface area contributed by atoms with Crippen LogP contribution in [0.4, 0.5) is 5.13 Å². The lowest BCUT2D eigenvalue weighted by molar-refractivity contribution is -0.111. The number of amides is 1. The molecule has 0 bridgehead atoms. The first-order valence-electron chi connectivity index (χ1n) is 7.92. The zero-order chi connectivity index (χ0) is 16.4. The number of nitrogens with one attached hydrogen (secondary N) is 1. The van der Waals surface area contributed by atoms with Gasteiger partial charge in [-0.15, -0.1) is 11.3 Å². The van der Waals surface area contributed by atoms with Crippen LogP contribution >= 0.6 is 11.3 Å². The molecule has 118 valence electrons. The molecule has 1 heterocycles. The molecule has 0 spiro atoms. The summed E-state index contributed by atoms with van der Waals surface area (Å²) in [6, 6.07) is 18.1. The molecule has 24 heavy (non-hydrogen) atoms. The molecule has 0 unspecified atom stereocenters. The SMILES string of the molecule is O=C(C=Cc1ccccc1)Nc1nc2c(s1)CCc1ccccc1-2. The van der Waals surface area contributed by atoms with Crippen LogP contribution in [0.1, 0.15) is 16.0 Å². The highest BCUT2D eigenvalue weighted by Crippen LogP contribution is 2.37.